The minimum atomic E-state index is -3.53. The molecule has 0 aliphatic heterocycles. The van der Waals surface area contributed by atoms with Gasteiger partial charge in [-0.15, -0.1) is 0 Å². The highest BCUT2D eigenvalue weighted by Crippen LogP contribution is 2.25. The number of anilines is 1. The molecule has 0 aromatic heterocycles. The zero-order valence-corrected chi connectivity index (χ0v) is 23.3. The summed E-state index contributed by atoms with van der Waals surface area (Å²) in [5, 5.41) is 2.93. The zero-order valence-electron chi connectivity index (χ0n) is 22.5. The van der Waals surface area contributed by atoms with Crippen molar-refractivity contribution < 1.29 is 18.0 Å². The summed E-state index contributed by atoms with van der Waals surface area (Å²) in [4.78, 5) is 27.8. The molecule has 36 heavy (non-hydrogen) atoms. The van der Waals surface area contributed by atoms with Crippen LogP contribution in [-0.4, -0.2) is 50.5 Å². The number of nitrogens with one attached hydrogen (secondary N) is 1. The Bertz CT molecular complexity index is 1150. The number of hydrogen-bond donors (Lipinski definition) is 1. The maximum Gasteiger partial charge on any atom is 0.242 e. The van der Waals surface area contributed by atoms with E-state index in [4.69, 9.17) is 0 Å². The van der Waals surface area contributed by atoms with Crippen LogP contribution in [0.5, 0.6) is 0 Å². The number of benzene rings is 2. The summed E-state index contributed by atoms with van der Waals surface area (Å²) in [7, 11) is -3.53. The lowest BCUT2D eigenvalue weighted by Crippen LogP contribution is -2.48. The van der Waals surface area contributed by atoms with Crippen molar-refractivity contribution >= 4 is 27.5 Å². The van der Waals surface area contributed by atoms with Crippen LogP contribution in [0.1, 0.15) is 61.8 Å². The fourth-order valence-electron chi connectivity index (χ4n) is 4.08. The van der Waals surface area contributed by atoms with Crippen LogP contribution >= 0.6 is 0 Å². The molecule has 8 heteroatoms. The quantitative estimate of drug-likeness (QED) is 0.398. The van der Waals surface area contributed by atoms with Gasteiger partial charge < -0.3 is 10.2 Å². The van der Waals surface area contributed by atoms with Gasteiger partial charge >= 0.3 is 0 Å². The Morgan fingerprint density at radius 3 is 2.28 bits per heavy atom. The van der Waals surface area contributed by atoms with Crippen molar-refractivity contribution in [3.8, 4) is 0 Å². The summed E-state index contributed by atoms with van der Waals surface area (Å²) in [5.41, 5.74) is 4.56. The van der Waals surface area contributed by atoms with Crippen LogP contribution in [0.25, 0.3) is 0 Å². The molecule has 2 amide bonds. The molecule has 0 spiro atoms. The molecule has 0 fully saturated rings. The third-order valence-corrected chi connectivity index (χ3v) is 7.78. The molecule has 0 radical (unpaired) electrons. The van der Waals surface area contributed by atoms with E-state index < -0.39 is 16.1 Å². The Balaban J connectivity index is 2.19. The monoisotopic (exact) mass is 515 g/mol. The second-order valence-electron chi connectivity index (χ2n) is 9.43. The number of aryl methyl sites for hydroxylation is 2. The third kappa shape index (κ3) is 8.08. The van der Waals surface area contributed by atoms with Crippen molar-refractivity contribution in [1.82, 2.24) is 10.2 Å². The van der Waals surface area contributed by atoms with Crippen LogP contribution in [-0.2, 0) is 26.2 Å². The van der Waals surface area contributed by atoms with Gasteiger partial charge in [-0.2, -0.15) is 0 Å². The summed E-state index contributed by atoms with van der Waals surface area (Å²) < 4.78 is 26.5. The number of unbranched alkanes of at least 4 members (excludes halogenated alkanes) is 1. The third-order valence-electron chi connectivity index (χ3n) is 6.60. The first kappa shape index (κ1) is 29.4. The topological polar surface area (TPSA) is 86.8 Å². The van der Waals surface area contributed by atoms with Gasteiger partial charge in [0.1, 0.15) is 6.04 Å². The first-order valence-electron chi connectivity index (χ1n) is 12.6. The molecule has 0 aliphatic rings. The minimum absolute atomic E-state index is 0.134. The van der Waals surface area contributed by atoms with Crippen molar-refractivity contribution in [2.75, 3.05) is 23.7 Å². The van der Waals surface area contributed by atoms with Crippen molar-refractivity contribution in [2.45, 2.75) is 72.9 Å². The average molecular weight is 516 g/mol. The van der Waals surface area contributed by atoms with Gasteiger partial charge in [0, 0.05) is 26.1 Å². The van der Waals surface area contributed by atoms with E-state index >= 15 is 0 Å². The van der Waals surface area contributed by atoms with Gasteiger partial charge in [0.2, 0.25) is 21.8 Å². The molecule has 0 heterocycles. The van der Waals surface area contributed by atoms with Crippen LogP contribution in [0.3, 0.4) is 0 Å². The fourth-order valence-corrected chi connectivity index (χ4v) is 5.09. The standard InChI is InChI=1S/C28H41N3O4S/c1-7-8-18-29-28(33)24(5)30(20-25-15-10-9-13-22(25)3)27(32)17-12-19-31(36(6,34)35)26-16-11-14-21(2)23(26)4/h9-11,13-16,24H,7-8,12,17-20H2,1-6H3,(H,29,33)/t24-/m1/s1. The molecule has 0 saturated heterocycles. The molecule has 2 aromatic carbocycles. The second kappa shape index (κ2) is 13.4. The van der Waals surface area contributed by atoms with E-state index in [1.807, 2.05) is 57.2 Å². The van der Waals surface area contributed by atoms with Crippen LogP contribution in [0.15, 0.2) is 42.5 Å². The molecule has 0 bridgehead atoms. The van der Waals surface area contributed by atoms with E-state index in [0.717, 1.165) is 35.1 Å². The van der Waals surface area contributed by atoms with E-state index in [0.29, 0.717) is 25.2 Å². The molecule has 0 aliphatic carbocycles. The van der Waals surface area contributed by atoms with Crippen LogP contribution in [0.2, 0.25) is 0 Å². The Kier molecular flexibility index (Phi) is 11.0. The van der Waals surface area contributed by atoms with Gasteiger partial charge in [-0.3, -0.25) is 13.9 Å². The fraction of sp³-hybridized carbons (Fsp3) is 0.500. The van der Waals surface area contributed by atoms with Crippen LogP contribution in [0, 0.1) is 20.8 Å². The van der Waals surface area contributed by atoms with E-state index in [2.05, 4.69) is 12.2 Å². The van der Waals surface area contributed by atoms with Gasteiger partial charge in [0.15, 0.2) is 0 Å². The number of amides is 2. The predicted molar refractivity (Wildman–Crippen MR) is 146 cm³/mol. The molecular formula is C28H41N3O4S. The van der Waals surface area contributed by atoms with Gasteiger partial charge in [-0.05, 0) is 68.9 Å². The first-order valence-corrected chi connectivity index (χ1v) is 14.5. The van der Waals surface area contributed by atoms with E-state index in [-0.39, 0.29) is 24.8 Å². The highest BCUT2D eigenvalue weighted by atomic mass is 32.2. The Hall–Kier alpha value is -2.87. The molecule has 0 saturated carbocycles. The number of sulfonamides is 1. The lowest BCUT2D eigenvalue weighted by Gasteiger charge is -2.30. The van der Waals surface area contributed by atoms with E-state index in [1.54, 1.807) is 17.9 Å². The number of carbonyl (C=O) groups excluding carboxylic acids is 2. The number of nitrogens with zero attached hydrogens (tertiary/aromatic N) is 2. The molecule has 2 rings (SSSR count). The van der Waals surface area contributed by atoms with Crippen molar-refractivity contribution in [2.24, 2.45) is 0 Å². The highest BCUT2D eigenvalue weighted by Gasteiger charge is 2.27. The SMILES string of the molecule is CCCCNC(=O)[C@@H](C)N(Cc1ccccc1C)C(=O)CCCN(c1cccc(C)c1C)S(C)(=O)=O. The van der Waals surface area contributed by atoms with Crippen LogP contribution < -0.4 is 9.62 Å². The average Bonchev–Trinajstić information content (AvgIpc) is 2.82. The molecule has 1 atom stereocenters. The lowest BCUT2D eigenvalue weighted by molar-refractivity contribution is -0.140. The Morgan fingerprint density at radius 1 is 0.972 bits per heavy atom. The van der Waals surface area contributed by atoms with E-state index in [1.165, 1.54) is 10.6 Å². The number of hydrogen-bond acceptors (Lipinski definition) is 4. The summed E-state index contributed by atoms with van der Waals surface area (Å²) >= 11 is 0. The Morgan fingerprint density at radius 2 is 1.64 bits per heavy atom. The summed E-state index contributed by atoms with van der Waals surface area (Å²) in [5.74, 6) is -0.357. The summed E-state index contributed by atoms with van der Waals surface area (Å²) in [6.45, 7) is 10.7. The summed E-state index contributed by atoms with van der Waals surface area (Å²) in [6, 6.07) is 12.7. The van der Waals surface area contributed by atoms with Crippen molar-refractivity contribution in [1.29, 1.82) is 0 Å². The van der Waals surface area contributed by atoms with Crippen molar-refractivity contribution in [3.05, 3.63) is 64.7 Å². The van der Waals surface area contributed by atoms with Gasteiger partial charge in [-0.1, -0.05) is 49.7 Å². The zero-order chi connectivity index (χ0) is 26.9. The first-order chi connectivity index (χ1) is 17.0. The Labute approximate surface area is 216 Å². The smallest absolute Gasteiger partial charge is 0.242 e. The molecule has 198 valence electrons. The molecule has 0 unspecified atom stereocenters. The minimum Gasteiger partial charge on any atom is -0.354 e. The number of carbonyl (C=O) groups is 2. The predicted octanol–water partition coefficient (Wildman–Crippen LogP) is 4.49. The summed E-state index contributed by atoms with van der Waals surface area (Å²) in [6.07, 6.45) is 3.51. The lowest BCUT2D eigenvalue weighted by atomic mass is 10.1. The van der Waals surface area contributed by atoms with Gasteiger partial charge in [-0.25, -0.2) is 8.42 Å². The van der Waals surface area contributed by atoms with Gasteiger partial charge in [0.25, 0.3) is 0 Å². The second-order valence-corrected chi connectivity index (χ2v) is 11.3. The highest BCUT2D eigenvalue weighted by molar-refractivity contribution is 7.92. The molecular weight excluding hydrogens is 474 g/mol. The van der Waals surface area contributed by atoms with E-state index in [9.17, 15) is 18.0 Å². The van der Waals surface area contributed by atoms with Crippen molar-refractivity contribution in [3.63, 3.8) is 0 Å². The van der Waals surface area contributed by atoms with Crippen LogP contribution in [0.4, 0.5) is 5.69 Å². The molecule has 1 N–H and O–H groups in total. The van der Waals surface area contributed by atoms with Gasteiger partial charge in [0.05, 0.1) is 11.9 Å². The largest absolute Gasteiger partial charge is 0.354 e. The number of rotatable bonds is 13. The molecule has 7 nitrogen and oxygen atoms in total. The molecule has 2 aromatic rings. The normalized spacial score (nSPS) is 12.2. The maximum atomic E-state index is 13.4. The maximum absolute atomic E-state index is 13.4.